The van der Waals surface area contributed by atoms with Gasteiger partial charge >= 0.3 is 0 Å². The van der Waals surface area contributed by atoms with Crippen molar-refractivity contribution in [3.8, 4) is 0 Å². The van der Waals surface area contributed by atoms with Crippen LogP contribution in [0.1, 0.15) is 30.4 Å². The van der Waals surface area contributed by atoms with Crippen LogP contribution in [-0.2, 0) is 13.0 Å². The van der Waals surface area contributed by atoms with Crippen LogP contribution in [0.2, 0.25) is 0 Å². The zero-order valence-electron chi connectivity index (χ0n) is 12.3. The average molecular weight is 302 g/mol. The molecule has 3 rings (SSSR count). The molecule has 0 aromatic carbocycles. The second-order valence-corrected chi connectivity index (χ2v) is 6.69. The standard InChI is InChI=1S/C17H22N2OS/c20-17-16(2-1-8-18-17)12-19-9-5-14(6-10-19)3-4-15-7-11-21-13-15/h1-2,7-8,11,13-14H,3-6,9-10,12H2,(H,18,20). The lowest BCUT2D eigenvalue weighted by molar-refractivity contribution is 0.172. The summed E-state index contributed by atoms with van der Waals surface area (Å²) in [5, 5.41) is 4.42. The molecule has 0 bridgehead atoms. The highest BCUT2D eigenvalue weighted by Crippen LogP contribution is 2.23. The Morgan fingerprint density at radius 3 is 2.86 bits per heavy atom. The highest BCUT2D eigenvalue weighted by Gasteiger charge is 2.19. The third kappa shape index (κ3) is 4.05. The molecule has 0 unspecified atom stereocenters. The summed E-state index contributed by atoms with van der Waals surface area (Å²) in [6.07, 6.45) is 6.73. The van der Waals surface area contributed by atoms with Crippen LogP contribution in [0.15, 0.2) is 40.0 Å². The van der Waals surface area contributed by atoms with Crippen LogP contribution < -0.4 is 5.56 Å². The van der Waals surface area contributed by atoms with Gasteiger partial charge in [-0.3, -0.25) is 9.69 Å². The lowest BCUT2D eigenvalue weighted by atomic mass is 9.91. The van der Waals surface area contributed by atoms with Gasteiger partial charge in [0.2, 0.25) is 0 Å². The first-order valence-corrected chi connectivity index (χ1v) is 8.65. The molecule has 3 heterocycles. The maximum absolute atomic E-state index is 11.7. The minimum absolute atomic E-state index is 0.0529. The van der Waals surface area contributed by atoms with E-state index in [4.69, 9.17) is 0 Å². The van der Waals surface area contributed by atoms with E-state index < -0.39 is 0 Å². The maximum atomic E-state index is 11.7. The number of piperidine rings is 1. The molecular weight excluding hydrogens is 280 g/mol. The second kappa shape index (κ2) is 7.05. The Balaban J connectivity index is 1.45. The Morgan fingerprint density at radius 1 is 1.29 bits per heavy atom. The Kier molecular flexibility index (Phi) is 4.88. The molecule has 1 N–H and O–H groups in total. The Labute approximate surface area is 129 Å². The lowest BCUT2D eigenvalue weighted by Gasteiger charge is -2.31. The second-order valence-electron chi connectivity index (χ2n) is 5.91. The zero-order valence-corrected chi connectivity index (χ0v) is 13.1. The number of nitrogens with zero attached hydrogens (tertiary/aromatic N) is 1. The van der Waals surface area contributed by atoms with Gasteiger partial charge in [-0.15, -0.1) is 0 Å². The number of thiophene rings is 1. The lowest BCUT2D eigenvalue weighted by Crippen LogP contribution is -2.34. The van der Waals surface area contributed by atoms with Crippen molar-refractivity contribution in [2.75, 3.05) is 13.1 Å². The van der Waals surface area contributed by atoms with E-state index in [1.807, 2.05) is 12.1 Å². The van der Waals surface area contributed by atoms with Gasteiger partial charge in [-0.05, 0) is 73.1 Å². The fourth-order valence-electron chi connectivity index (χ4n) is 3.06. The van der Waals surface area contributed by atoms with Crippen molar-refractivity contribution in [1.82, 2.24) is 9.88 Å². The largest absolute Gasteiger partial charge is 0.329 e. The topological polar surface area (TPSA) is 36.1 Å². The highest BCUT2D eigenvalue weighted by atomic mass is 32.1. The van der Waals surface area contributed by atoms with Gasteiger partial charge in [0.1, 0.15) is 0 Å². The summed E-state index contributed by atoms with van der Waals surface area (Å²) in [7, 11) is 0. The van der Waals surface area contributed by atoms with Gasteiger partial charge in [-0.2, -0.15) is 11.3 Å². The van der Waals surface area contributed by atoms with Crippen molar-refractivity contribution in [3.05, 3.63) is 56.6 Å². The number of aryl methyl sites for hydroxylation is 1. The van der Waals surface area contributed by atoms with E-state index in [0.29, 0.717) is 0 Å². The molecule has 3 nitrogen and oxygen atoms in total. The molecule has 21 heavy (non-hydrogen) atoms. The van der Waals surface area contributed by atoms with Gasteiger partial charge in [-0.1, -0.05) is 6.07 Å². The molecule has 0 radical (unpaired) electrons. The molecule has 1 aliphatic heterocycles. The monoisotopic (exact) mass is 302 g/mol. The van der Waals surface area contributed by atoms with Crippen LogP contribution in [0, 0.1) is 5.92 Å². The normalized spacial score (nSPS) is 17.1. The van der Waals surface area contributed by atoms with Gasteiger partial charge in [0.05, 0.1) is 0 Å². The number of hydrogen-bond donors (Lipinski definition) is 1. The first-order chi connectivity index (χ1) is 10.3. The molecular formula is C17H22N2OS. The van der Waals surface area contributed by atoms with Gasteiger partial charge in [0.15, 0.2) is 0 Å². The number of rotatable bonds is 5. The van der Waals surface area contributed by atoms with Crippen LogP contribution >= 0.6 is 11.3 Å². The SMILES string of the molecule is O=c1[nH]cccc1CN1CCC(CCc2ccsc2)CC1. The number of aromatic amines is 1. The van der Waals surface area contributed by atoms with Gasteiger partial charge in [-0.25, -0.2) is 0 Å². The van der Waals surface area contributed by atoms with Crippen molar-refractivity contribution in [2.45, 2.75) is 32.2 Å². The van der Waals surface area contributed by atoms with Crippen LogP contribution in [0.5, 0.6) is 0 Å². The molecule has 4 heteroatoms. The van der Waals surface area contributed by atoms with Crippen molar-refractivity contribution in [3.63, 3.8) is 0 Å². The summed E-state index contributed by atoms with van der Waals surface area (Å²) in [6.45, 7) is 3.01. The molecule has 1 aliphatic rings. The molecule has 112 valence electrons. The number of aromatic nitrogens is 1. The minimum Gasteiger partial charge on any atom is -0.329 e. The van der Waals surface area contributed by atoms with Crippen molar-refractivity contribution in [2.24, 2.45) is 5.92 Å². The highest BCUT2D eigenvalue weighted by molar-refractivity contribution is 7.07. The smallest absolute Gasteiger partial charge is 0.252 e. The molecule has 0 spiro atoms. The zero-order chi connectivity index (χ0) is 14.5. The first-order valence-electron chi connectivity index (χ1n) is 7.71. The van der Waals surface area contributed by atoms with E-state index >= 15 is 0 Å². The molecule has 0 atom stereocenters. The minimum atomic E-state index is 0.0529. The fraction of sp³-hybridized carbons (Fsp3) is 0.471. The summed E-state index contributed by atoms with van der Waals surface area (Å²) in [5.74, 6) is 0.843. The molecule has 0 saturated carbocycles. The van der Waals surface area contributed by atoms with Crippen LogP contribution in [0.25, 0.3) is 0 Å². The number of likely N-dealkylation sites (tertiary alicyclic amines) is 1. The Hall–Kier alpha value is -1.39. The van der Waals surface area contributed by atoms with E-state index in [9.17, 15) is 4.79 Å². The molecule has 2 aromatic heterocycles. The molecule has 0 amide bonds. The maximum Gasteiger partial charge on any atom is 0.252 e. The Morgan fingerprint density at radius 2 is 2.14 bits per heavy atom. The summed E-state index contributed by atoms with van der Waals surface area (Å²) >= 11 is 1.79. The van der Waals surface area contributed by atoms with E-state index in [0.717, 1.165) is 31.1 Å². The summed E-state index contributed by atoms with van der Waals surface area (Å²) in [4.78, 5) is 16.9. The molecule has 0 aliphatic carbocycles. The predicted octanol–water partition coefficient (Wildman–Crippen LogP) is 3.28. The molecule has 2 aromatic rings. The quantitative estimate of drug-likeness (QED) is 0.920. The number of hydrogen-bond acceptors (Lipinski definition) is 3. The van der Waals surface area contributed by atoms with Gasteiger partial charge in [0, 0.05) is 18.3 Å². The summed E-state index contributed by atoms with van der Waals surface area (Å²) in [6, 6.07) is 6.08. The number of nitrogens with one attached hydrogen (secondary N) is 1. The number of pyridine rings is 1. The predicted molar refractivity (Wildman–Crippen MR) is 87.7 cm³/mol. The van der Waals surface area contributed by atoms with Crippen LogP contribution in [0.3, 0.4) is 0 Å². The molecule has 1 fully saturated rings. The first kappa shape index (κ1) is 14.5. The van der Waals surface area contributed by atoms with Crippen molar-refractivity contribution < 1.29 is 0 Å². The van der Waals surface area contributed by atoms with Crippen molar-refractivity contribution >= 4 is 11.3 Å². The van der Waals surface area contributed by atoms with E-state index in [-0.39, 0.29) is 5.56 Å². The van der Waals surface area contributed by atoms with Crippen LogP contribution in [0.4, 0.5) is 0 Å². The molecule has 1 saturated heterocycles. The van der Waals surface area contributed by atoms with E-state index in [2.05, 4.69) is 26.7 Å². The van der Waals surface area contributed by atoms with Crippen LogP contribution in [-0.4, -0.2) is 23.0 Å². The summed E-state index contributed by atoms with van der Waals surface area (Å²) < 4.78 is 0. The van der Waals surface area contributed by atoms with Gasteiger partial charge in [0.25, 0.3) is 5.56 Å². The third-order valence-corrected chi connectivity index (χ3v) is 5.15. The fourth-order valence-corrected chi connectivity index (χ4v) is 3.76. The summed E-state index contributed by atoms with van der Waals surface area (Å²) in [5.41, 5.74) is 2.42. The van der Waals surface area contributed by atoms with Crippen molar-refractivity contribution in [1.29, 1.82) is 0 Å². The third-order valence-electron chi connectivity index (χ3n) is 4.42. The van der Waals surface area contributed by atoms with Gasteiger partial charge < -0.3 is 4.98 Å². The Bertz CT molecular complexity index is 597. The van der Waals surface area contributed by atoms with E-state index in [1.54, 1.807) is 17.5 Å². The number of H-pyrrole nitrogens is 1. The van der Waals surface area contributed by atoms with E-state index in [1.165, 1.54) is 31.2 Å². The average Bonchev–Trinajstić information content (AvgIpc) is 3.02.